The third-order valence-corrected chi connectivity index (χ3v) is 3.47. The van der Waals surface area contributed by atoms with Crippen LogP contribution in [-0.2, 0) is 4.74 Å². The summed E-state index contributed by atoms with van der Waals surface area (Å²) in [5.41, 5.74) is 0.509. The number of ether oxygens (including phenoxy) is 1. The van der Waals surface area contributed by atoms with Crippen LogP contribution in [0.25, 0.3) is 0 Å². The van der Waals surface area contributed by atoms with Gasteiger partial charge in [-0.25, -0.2) is 4.79 Å². The first-order valence-electron chi connectivity index (χ1n) is 6.86. The Balaban J connectivity index is 1.76. The molecule has 0 radical (unpaired) electrons. The lowest BCUT2D eigenvalue weighted by Gasteiger charge is -2.08. The van der Waals surface area contributed by atoms with E-state index in [9.17, 15) is 9.59 Å². The average molecular weight is 277 g/mol. The van der Waals surface area contributed by atoms with Crippen LogP contribution in [-0.4, -0.2) is 36.7 Å². The number of nitrogens with one attached hydrogen (secondary N) is 1. The Kier molecular flexibility index (Phi) is 5.12. The fourth-order valence-electron chi connectivity index (χ4n) is 2.30. The number of rotatable bonds is 6. The Morgan fingerprint density at radius 2 is 2.15 bits per heavy atom. The second-order valence-corrected chi connectivity index (χ2v) is 5.01. The fraction of sp³-hybridized carbons (Fsp3) is 0.467. The highest BCUT2D eigenvalue weighted by Crippen LogP contribution is 2.17. The van der Waals surface area contributed by atoms with Crippen molar-refractivity contribution in [3.05, 3.63) is 35.4 Å². The van der Waals surface area contributed by atoms with Crippen molar-refractivity contribution in [2.24, 2.45) is 5.92 Å². The van der Waals surface area contributed by atoms with Gasteiger partial charge in [0.2, 0.25) is 0 Å². The molecule has 0 aromatic heterocycles. The van der Waals surface area contributed by atoms with Gasteiger partial charge in [0.1, 0.15) is 0 Å². The molecular weight excluding hydrogens is 258 g/mol. The Morgan fingerprint density at radius 3 is 2.85 bits per heavy atom. The van der Waals surface area contributed by atoms with Gasteiger partial charge in [0, 0.05) is 25.3 Å². The summed E-state index contributed by atoms with van der Waals surface area (Å²) >= 11 is 0. The maximum absolute atomic E-state index is 11.9. The minimum atomic E-state index is -1.03. The molecule has 1 saturated heterocycles. The molecule has 108 valence electrons. The first kappa shape index (κ1) is 14.5. The molecule has 5 nitrogen and oxygen atoms in total. The lowest BCUT2D eigenvalue weighted by Crippen LogP contribution is -2.25. The highest BCUT2D eigenvalue weighted by Gasteiger charge is 2.15. The number of amides is 1. The molecule has 2 rings (SSSR count). The smallest absolute Gasteiger partial charge is 0.335 e. The van der Waals surface area contributed by atoms with Crippen LogP contribution in [0.15, 0.2) is 24.3 Å². The standard InChI is InChI=1S/C15H19NO4/c17-14(12-4-1-5-13(9-12)15(18)19)16-7-2-3-11-6-8-20-10-11/h1,4-5,9,11H,2-3,6-8,10H2,(H,16,17)(H,18,19)/t11-/m1/s1. The van der Waals surface area contributed by atoms with Crippen molar-refractivity contribution in [2.75, 3.05) is 19.8 Å². The predicted molar refractivity (Wildman–Crippen MR) is 73.9 cm³/mol. The molecule has 5 heteroatoms. The topological polar surface area (TPSA) is 75.6 Å². The van der Waals surface area contributed by atoms with E-state index in [0.29, 0.717) is 18.0 Å². The molecular formula is C15H19NO4. The Morgan fingerprint density at radius 1 is 1.35 bits per heavy atom. The number of carbonyl (C=O) groups excluding carboxylic acids is 1. The first-order chi connectivity index (χ1) is 9.66. The summed E-state index contributed by atoms with van der Waals surface area (Å²) < 4.78 is 5.30. The summed E-state index contributed by atoms with van der Waals surface area (Å²) in [6.07, 6.45) is 3.07. The molecule has 1 aromatic carbocycles. The van der Waals surface area contributed by atoms with Crippen LogP contribution in [0.2, 0.25) is 0 Å². The number of carboxylic acids is 1. The van der Waals surface area contributed by atoms with Gasteiger partial charge in [-0.1, -0.05) is 6.07 Å². The second-order valence-electron chi connectivity index (χ2n) is 5.01. The monoisotopic (exact) mass is 277 g/mol. The zero-order chi connectivity index (χ0) is 14.4. The van der Waals surface area contributed by atoms with Crippen LogP contribution in [0.5, 0.6) is 0 Å². The van der Waals surface area contributed by atoms with E-state index in [1.165, 1.54) is 12.1 Å². The maximum atomic E-state index is 11.9. The molecule has 2 N–H and O–H groups in total. The molecule has 20 heavy (non-hydrogen) atoms. The van der Waals surface area contributed by atoms with Crippen LogP contribution >= 0.6 is 0 Å². The molecule has 0 saturated carbocycles. The van der Waals surface area contributed by atoms with Crippen molar-refractivity contribution in [3.8, 4) is 0 Å². The molecule has 1 aliphatic heterocycles. The van der Waals surface area contributed by atoms with Crippen molar-refractivity contribution in [1.29, 1.82) is 0 Å². The molecule has 0 spiro atoms. The molecule has 1 aromatic rings. The summed E-state index contributed by atoms with van der Waals surface area (Å²) in [4.78, 5) is 22.7. The molecule has 0 bridgehead atoms. The Labute approximate surface area is 117 Å². The van der Waals surface area contributed by atoms with Crippen LogP contribution in [0.3, 0.4) is 0 Å². The normalized spacial score (nSPS) is 17.9. The molecule has 1 atom stereocenters. The van der Waals surface area contributed by atoms with Gasteiger partial charge in [-0.05, 0) is 43.4 Å². The van der Waals surface area contributed by atoms with Crippen LogP contribution in [0.1, 0.15) is 40.0 Å². The molecule has 1 heterocycles. The third kappa shape index (κ3) is 4.06. The number of hydrogen-bond donors (Lipinski definition) is 2. The van der Waals surface area contributed by atoms with E-state index in [4.69, 9.17) is 9.84 Å². The van der Waals surface area contributed by atoms with Gasteiger partial charge in [0.15, 0.2) is 0 Å². The SMILES string of the molecule is O=C(O)c1cccc(C(=O)NCCC[C@@H]2CCOC2)c1. The highest BCUT2D eigenvalue weighted by atomic mass is 16.5. The van der Waals surface area contributed by atoms with Gasteiger partial charge in [-0.2, -0.15) is 0 Å². The van der Waals surface area contributed by atoms with Crippen LogP contribution < -0.4 is 5.32 Å². The van der Waals surface area contributed by atoms with Crippen molar-refractivity contribution >= 4 is 11.9 Å². The Bertz CT molecular complexity index is 481. The van der Waals surface area contributed by atoms with E-state index < -0.39 is 5.97 Å². The summed E-state index contributed by atoms with van der Waals surface area (Å²) in [5.74, 6) is -0.640. The largest absolute Gasteiger partial charge is 0.478 e. The second kappa shape index (κ2) is 7.05. The van der Waals surface area contributed by atoms with Crippen LogP contribution in [0, 0.1) is 5.92 Å². The van der Waals surface area contributed by atoms with Crippen molar-refractivity contribution < 1.29 is 19.4 Å². The van der Waals surface area contributed by atoms with Crippen molar-refractivity contribution in [1.82, 2.24) is 5.32 Å². The number of benzene rings is 1. The summed E-state index contributed by atoms with van der Waals surface area (Å²) in [6, 6.07) is 6.06. The average Bonchev–Trinajstić information content (AvgIpc) is 2.96. The minimum absolute atomic E-state index is 0.126. The number of hydrogen-bond acceptors (Lipinski definition) is 3. The number of carboxylic acid groups (broad SMARTS) is 1. The molecule has 1 fully saturated rings. The van der Waals surface area contributed by atoms with Gasteiger partial charge in [-0.15, -0.1) is 0 Å². The lowest BCUT2D eigenvalue weighted by atomic mass is 10.0. The Hall–Kier alpha value is -1.88. The fourth-order valence-corrected chi connectivity index (χ4v) is 2.30. The first-order valence-corrected chi connectivity index (χ1v) is 6.86. The van der Waals surface area contributed by atoms with E-state index in [2.05, 4.69) is 5.32 Å². The lowest BCUT2D eigenvalue weighted by molar-refractivity contribution is 0.0697. The number of carbonyl (C=O) groups is 2. The third-order valence-electron chi connectivity index (χ3n) is 3.47. The van der Waals surface area contributed by atoms with E-state index in [1.807, 2.05) is 0 Å². The quantitative estimate of drug-likeness (QED) is 0.779. The van der Waals surface area contributed by atoms with E-state index >= 15 is 0 Å². The van der Waals surface area contributed by atoms with Crippen molar-refractivity contribution in [2.45, 2.75) is 19.3 Å². The summed E-state index contributed by atoms with van der Waals surface area (Å²) in [5, 5.41) is 11.7. The van der Waals surface area contributed by atoms with E-state index in [0.717, 1.165) is 32.5 Å². The summed E-state index contributed by atoms with van der Waals surface area (Å²) in [6.45, 7) is 2.28. The van der Waals surface area contributed by atoms with Crippen LogP contribution in [0.4, 0.5) is 0 Å². The number of aromatic carboxylic acids is 1. The molecule has 1 amide bonds. The van der Waals surface area contributed by atoms with Crippen molar-refractivity contribution in [3.63, 3.8) is 0 Å². The minimum Gasteiger partial charge on any atom is -0.478 e. The zero-order valence-corrected chi connectivity index (χ0v) is 11.3. The van der Waals surface area contributed by atoms with Gasteiger partial charge in [-0.3, -0.25) is 4.79 Å². The van der Waals surface area contributed by atoms with Gasteiger partial charge >= 0.3 is 5.97 Å². The maximum Gasteiger partial charge on any atom is 0.335 e. The van der Waals surface area contributed by atoms with Gasteiger partial charge in [0.05, 0.1) is 5.56 Å². The predicted octanol–water partition coefficient (Wildman–Crippen LogP) is 1.93. The summed E-state index contributed by atoms with van der Waals surface area (Å²) in [7, 11) is 0. The zero-order valence-electron chi connectivity index (χ0n) is 11.3. The molecule has 0 aliphatic carbocycles. The highest BCUT2D eigenvalue weighted by molar-refractivity contribution is 5.97. The van der Waals surface area contributed by atoms with E-state index in [-0.39, 0.29) is 11.5 Å². The molecule has 0 unspecified atom stereocenters. The van der Waals surface area contributed by atoms with E-state index in [1.54, 1.807) is 12.1 Å². The molecule has 1 aliphatic rings. The van der Waals surface area contributed by atoms with Gasteiger partial charge < -0.3 is 15.2 Å². The van der Waals surface area contributed by atoms with Gasteiger partial charge in [0.25, 0.3) is 5.91 Å².